The number of thioether (sulfide) groups is 1. The molecule has 0 aromatic heterocycles. The van der Waals surface area contributed by atoms with E-state index < -0.39 is 11.9 Å². The van der Waals surface area contributed by atoms with E-state index in [0.717, 1.165) is 12.2 Å². The summed E-state index contributed by atoms with van der Waals surface area (Å²) in [6.07, 6.45) is 2.88. The van der Waals surface area contributed by atoms with Gasteiger partial charge in [-0.25, -0.2) is 4.79 Å². The summed E-state index contributed by atoms with van der Waals surface area (Å²) in [6.45, 7) is 6.93. The van der Waals surface area contributed by atoms with E-state index in [1.807, 2.05) is 25.6 Å². The van der Waals surface area contributed by atoms with Gasteiger partial charge in [-0.05, 0) is 37.9 Å². The van der Waals surface area contributed by atoms with E-state index in [1.54, 1.807) is 0 Å². The molecule has 0 radical (unpaired) electrons. The van der Waals surface area contributed by atoms with Crippen LogP contribution in [0.2, 0.25) is 0 Å². The highest BCUT2D eigenvalue weighted by Gasteiger charge is 2.29. The van der Waals surface area contributed by atoms with Crippen molar-refractivity contribution in [2.24, 2.45) is 11.8 Å². The Morgan fingerprint density at radius 1 is 1.35 bits per heavy atom. The van der Waals surface area contributed by atoms with Crippen molar-refractivity contribution in [3.8, 4) is 0 Å². The van der Waals surface area contributed by atoms with Crippen molar-refractivity contribution in [2.75, 3.05) is 18.8 Å². The van der Waals surface area contributed by atoms with Gasteiger partial charge in [-0.2, -0.15) is 11.8 Å². The Morgan fingerprint density at radius 2 is 2.05 bits per heavy atom. The summed E-state index contributed by atoms with van der Waals surface area (Å²) in [5.74, 6) is 0.0826. The number of hydrogen-bond acceptors (Lipinski definition) is 3. The number of carboxylic acids is 1. The molecule has 116 valence electrons. The summed E-state index contributed by atoms with van der Waals surface area (Å²) in [5.41, 5.74) is 0. The molecule has 1 aliphatic heterocycles. The molecule has 0 spiro atoms. The van der Waals surface area contributed by atoms with Gasteiger partial charge in [-0.1, -0.05) is 13.8 Å². The topological polar surface area (TPSA) is 78.4 Å². The average Bonchev–Trinajstić information content (AvgIpc) is 2.79. The van der Waals surface area contributed by atoms with E-state index in [4.69, 9.17) is 5.11 Å². The van der Waals surface area contributed by atoms with Crippen molar-refractivity contribution in [2.45, 2.75) is 44.8 Å². The zero-order chi connectivity index (χ0) is 15.2. The predicted molar refractivity (Wildman–Crippen MR) is 82.1 cm³/mol. The summed E-state index contributed by atoms with van der Waals surface area (Å²) in [5, 5.41) is 14.6. The third-order valence-corrected chi connectivity index (χ3v) is 5.08. The van der Waals surface area contributed by atoms with Gasteiger partial charge >= 0.3 is 12.0 Å². The largest absolute Gasteiger partial charge is 0.481 e. The number of aliphatic carboxylic acids is 1. The van der Waals surface area contributed by atoms with E-state index in [1.165, 1.54) is 6.42 Å². The minimum absolute atomic E-state index is 0.126. The Labute approximate surface area is 125 Å². The summed E-state index contributed by atoms with van der Waals surface area (Å²) in [7, 11) is 0. The maximum Gasteiger partial charge on any atom is 0.314 e. The van der Waals surface area contributed by atoms with Crippen molar-refractivity contribution < 1.29 is 14.7 Å². The Balaban J connectivity index is 2.28. The second-order valence-corrected chi connectivity index (χ2v) is 7.81. The van der Waals surface area contributed by atoms with E-state index in [0.29, 0.717) is 18.9 Å². The lowest BCUT2D eigenvalue weighted by Gasteiger charge is -2.23. The van der Waals surface area contributed by atoms with Gasteiger partial charge in [-0.3, -0.25) is 4.79 Å². The molecule has 2 atom stereocenters. The number of carboxylic acid groups (broad SMARTS) is 1. The van der Waals surface area contributed by atoms with Crippen molar-refractivity contribution in [1.29, 1.82) is 0 Å². The maximum absolute atomic E-state index is 11.7. The van der Waals surface area contributed by atoms with E-state index in [-0.39, 0.29) is 17.3 Å². The Kier molecular flexibility index (Phi) is 6.65. The molecule has 0 bridgehead atoms. The van der Waals surface area contributed by atoms with Crippen molar-refractivity contribution in [3.63, 3.8) is 0 Å². The number of urea groups is 1. The molecule has 1 rings (SSSR count). The fourth-order valence-corrected chi connectivity index (χ4v) is 3.61. The van der Waals surface area contributed by atoms with Crippen LogP contribution in [0, 0.1) is 11.8 Å². The number of carbonyl (C=O) groups is 2. The first-order valence-corrected chi connectivity index (χ1v) is 8.19. The quantitative estimate of drug-likeness (QED) is 0.674. The Bertz CT molecular complexity index is 341. The van der Waals surface area contributed by atoms with Crippen LogP contribution in [0.3, 0.4) is 0 Å². The minimum atomic E-state index is -0.850. The van der Waals surface area contributed by atoms with Crippen LogP contribution in [-0.4, -0.2) is 40.7 Å². The molecule has 6 heteroatoms. The lowest BCUT2D eigenvalue weighted by atomic mass is 9.97. The minimum Gasteiger partial charge on any atom is -0.481 e. The standard InChI is InChI=1S/C14H26N2O3S/c1-10(2)7-11(12(17)18)8-15-13(19)16-9-14(3)5-4-6-20-14/h10-11H,4-9H2,1-3H3,(H,17,18)(H2,15,16,19). The Hall–Kier alpha value is -0.910. The van der Waals surface area contributed by atoms with Gasteiger partial charge in [0.25, 0.3) is 0 Å². The molecule has 1 fully saturated rings. The van der Waals surface area contributed by atoms with Crippen LogP contribution in [0.1, 0.15) is 40.0 Å². The zero-order valence-corrected chi connectivity index (χ0v) is 13.4. The van der Waals surface area contributed by atoms with Gasteiger partial charge in [0.2, 0.25) is 0 Å². The molecule has 5 nitrogen and oxygen atoms in total. The normalized spacial score (nSPS) is 23.6. The fraction of sp³-hybridized carbons (Fsp3) is 0.857. The van der Waals surface area contributed by atoms with Crippen molar-refractivity contribution in [1.82, 2.24) is 10.6 Å². The summed E-state index contributed by atoms with van der Waals surface area (Å²) in [4.78, 5) is 22.8. The second-order valence-electron chi connectivity index (χ2n) is 6.13. The number of rotatable bonds is 7. The van der Waals surface area contributed by atoms with E-state index in [9.17, 15) is 9.59 Å². The van der Waals surface area contributed by atoms with E-state index in [2.05, 4.69) is 17.6 Å². The summed E-state index contributed by atoms with van der Waals surface area (Å²) >= 11 is 1.89. The van der Waals surface area contributed by atoms with Gasteiger partial charge in [0.1, 0.15) is 0 Å². The molecule has 3 N–H and O–H groups in total. The first-order valence-electron chi connectivity index (χ1n) is 7.21. The van der Waals surface area contributed by atoms with Crippen LogP contribution in [0.5, 0.6) is 0 Å². The van der Waals surface area contributed by atoms with Crippen LogP contribution in [0.15, 0.2) is 0 Å². The number of amides is 2. The first-order chi connectivity index (χ1) is 9.32. The van der Waals surface area contributed by atoms with E-state index >= 15 is 0 Å². The zero-order valence-electron chi connectivity index (χ0n) is 12.6. The highest BCUT2D eigenvalue weighted by Crippen LogP contribution is 2.36. The summed E-state index contributed by atoms with van der Waals surface area (Å²) < 4.78 is 0.126. The van der Waals surface area contributed by atoms with Crippen LogP contribution in [-0.2, 0) is 4.79 Å². The average molecular weight is 302 g/mol. The molecule has 1 aliphatic rings. The molecule has 0 saturated carbocycles. The highest BCUT2D eigenvalue weighted by molar-refractivity contribution is 8.00. The van der Waals surface area contributed by atoms with Gasteiger partial charge in [0, 0.05) is 17.8 Å². The maximum atomic E-state index is 11.7. The molecule has 20 heavy (non-hydrogen) atoms. The molecular weight excluding hydrogens is 276 g/mol. The monoisotopic (exact) mass is 302 g/mol. The smallest absolute Gasteiger partial charge is 0.314 e. The lowest BCUT2D eigenvalue weighted by Crippen LogP contribution is -2.44. The lowest BCUT2D eigenvalue weighted by molar-refractivity contribution is -0.142. The van der Waals surface area contributed by atoms with Gasteiger partial charge in [0.05, 0.1) is 5.92 Å². The van der Waals surface area contributed by atoms with Crippen molar-refractivity contribution in [3.05, 3.63) is 0 Å². The van der Waals surface area contributed by atoms with Crippen LogP contribution >= 0.6 is 11.8 Å². The van der Waals surface area contributed by atoms with Crippen molar-refractivity contribution >= 4 is 23.8 Å². The third-order valence-electron chi connectivity index (χ3n) is 3.54. The third kappa shape index (κ3) is 6.03. The second kappa shape index (κ2) is 7.76. The molecule has 0 aromatic carbocycles. The highest BCUT2D eigenvalue weighted by atomic mass is 32.2. The molecule has 1 heterocycles. The number of nitrogens with one attached hydrogen (secondary N) is 2. The predicted octanol–water partition coefficient (Wildman–Crippen LogP) is 2.32. The van der Waals surface area contributed by atoms with Gasteiger partial charge in [-0.15, -0.1) is 0 Å². The molecule has 1 saturated heterocycles. The van der Waals surface area contributed by atoms with Gasteiger partial charge in [0.15, 0.2) is 0 Å². The SMILES string of the molecule is CC(C)CC(CNC(=O)NCC1(C)CCCS1)C(=O)O. The first kappa shape index (κ1) is 17.1. The van der Waals surface area contributed by atoms with Gasteiger partial charge < -0.3 is 15.7 Å². The molecule has 0 aliphatic carbocycles. The van der Waals surface area contributed by atoms with Crippen LogP contribution < -0.4 is 10.6 Å². The molecule has 2 amide bonds. The summed E-state index contributed by atoms with van der Waals surface area (Å²) in [6, 6.07) is -0.270. The number of hydrogen-bond donors (Lipinski definition) is 3. The Morgan fingerprint density at radius 3 is 2.55 bits per heavy atom. The molecule has 2 unspecified atom stereocenters. The van der Waals surface area contributed by atoms with Crippen LogP contribution in [0.25, 0.3) is 0 Å². The fourth-order valence-electron chi connectivity index (χ4n) is 2.36. The van der Waals surface area contributed by atoms with Crippen LogP contribution in [0.4, 0.5) is 4.79 Å². The number of carbonyl (C=O) groups excluding carboxylic acids is 1. The molecule has 0 aromatic rings. The molecular formula is C14H26N2O3S.